The predicted octanol–water partition coefficient (Wildman–Crippen LogP) is 2.81. The molecule has 84 valence electrons. The van der Waals surface area contributed by atoms with Gasteiger partial charge in [-0.3, -0.25) is 0 Å². The van der Waals surface area contributed by atoms with Gasteiger partial charge in [-0.25, -0.2) is 9.48 Å². The van der Waals surface area contributed by atoms with Gasteiger partial charge in [0, 0.05) is 11.1 Å². The third-order valence-electron chi connectivity index (χ3n) is 2.52. The normalized spacial score (nSPS) is 22.9. The third kappa shape index (κ3) is 1.99. The first-order valence-corrected chi connectivity index (χ1v) is 5.59. The van der Waals surface area contributed by atoms with E-state index in [4.69, 9.17) is 28.3 Å². The number of nitrogens with zero attached hydrogens (tertiary/aromatic N) is 2. The highest BCUT2D eigenvalue weighted by Crippen LogP contribution is 2.34. The van der Waals surface area contributed by atoms with Gasteiger partial charge >= 0.3 is 0 Å². The summed E-state index contributed by atoms with van der Waals surface area (Å²) in [5.74, 6) is 0. The van der Waals surface area contributed by atoms with Crippen LogP contribution in [0.15, 0.2) is 35.6 Å². The fraction of sp³-hybridized carbons (Fsp3) is 0.182. The fourth-order valence-corrected chi connectivity index (χ4v) is 2.30. The van der Waals surface area contributed by atoms with E-state index in [1.807, 2.05) is 12.3 Å². The molecule has 1 atom stereocenters. The Hall–Kier alpha value is -0.870. The lowest BCUT2D eigenvalue weighted by atomic mass is 10.2. The van der Waals surface area contributed by atoms with Gasteiger partial charge in [0.15, 0.2) is 12.0 Å². The SMILES string of the molecule is OCC[N@+]1(c2ccc(Cl)cc2Cl)C=CN=C1. The lowest BCUT2D eigenvalue weighted by Gasteiger charge is -2.26. The summed E-state index contributed by atoms with van der Waals surface area (Å²) in [5.41, 5.74) is 0.859. The molecule has 0 radical (unpaired) electrons. The van der Waals surface area contributed by atoms with Crippen LogP contribution in [0.2, 0.25) is 10.0 Å². The van der Waals surface area contributed by atoms with E-state index in [1.54, 1.807) is 24.7 Å². The van der Waals surface area contributed by atoms with Gasteiger partial charge in [0.1, 0.15) is 17.8 Å². The topological polar surface area (TPSA) is 32.6 Å². The highest BCUT2D eigenvalue weighted by molar-refractivity contribution is 6.36. The largest absolute Gasteiger partial charge is 0.390 e. The Kier molecular flexibility index (Phi) is 3.30. The van der Waals surface area contributed by atoms with Crippen LogP contribution < -0.4 is 4.48 Å². The highest BCUT2D eigenvalue weighted by atomic mass is 35.5. The van der Waals surface area contributed by atoms with Gasteiger partial charge in [0.2, 0.25) is 0 Å². The van der Waals surface area contributed by atoms with E-state index in [1.165, 1.54) is 0 Å². The Morgan fingerprint density at radius 2 is 2.12 bits per heavy atom. The summed E-state index contributed by atoms with van der Waals surface area (Å²) < 4.78 is 0.326. The van der Waals surface area contributed by atoms with Crippen molar-refractivity contribution in [3.05, 3.63) is 40.6 Å². The molecule has 0 aliphatic carbocycles. The first kappa shape index (κ1) is 11.6. The summed E-state index contributed by atoms with van der Waals surface area (Å²) in [7, 11) is 0. The minimum absolute atomic E-state index is 0.0509. The molecular formula is C11H11Cl2N2O+. The van der Waals surface area contributed by atoms with E-state index in [-0.39, 0.29) is 6.61 Å². The number of halogens is 2. The van der Waals surface area contributed by atoms with Crippen molar-refractivity contribution in [3.63, 3.8) is 0 Å². The fourth-order valence-electron chi connectivity index (χ4n) is 1.73. The van der Waals surface area contributed by atoms with Crippen molar-refractivity contribution >= 4 is 35.2 Å². The van der Waals surface area contributed by atoms with Crippen LogP contribution in [0.1, 0.15) is 0 Å². The number of aliphatic imine (C=N–C) groups is 1. The molecule has 3 nitrogen and oxygen atoms in total. The van der Waals surface area contributed by atoms with Gasteiger partial charge in [-0.1, -0.05) is 23.2 Å². The van der Waals surface area contributed by atoms with Gasteiger partial charge in [-0.05, 0) is 12.1 Å². The maximum atomic E-state index is 9.12. The van der Waals surface area contributed by atoms with Crippen LogP contribution in [-0.2, 0) is 0 Å². The van der Waals surface area contributed by atoms with E-state index in [0.717, 1.165) is 5.69 Å². The Labute approximate surface area is 104 Å². The minimum Gasteiger partial charge on any atom is -0.390 e. The van der Waals surface area contributed by atoms with Crippen LogP contribution in [-0.4, -0.2) is 24.6 Å². The standard InChI is InChI=1S/C11H11Cl2N2O/c12-9-1-2-11(10(13)7-9)15(5-6-16)4-3-14-8-15/h1-4,7-8,16H,5-6H2/q+1/t15-/m1/s1. The molecule has 1 aromatic rings. The van der Waals surface area contributed by atoms with E-state index < -0.39 is 0 Å². The van der Waals surface area contributed by atoms with E-state index in [9.17, 15) is 0 Å². The lowest BCUT2D eigenvalue weighted by molar-refractivity contribution is 0.273. The number of aliphatic hydroxyl groups excluding tert-OH is 1. The molecule has 0 fully saturated rings. The molecule has 1 aromatic carbocycles. The van der Waals surface area contributed by atoms with Crippen LogP contribution in [0.3, 0.4) is 0 Å². The molecule has 1 heterocycles. The summed E-state index contributed by atoms with van der Waals surface area (Å²) in [6.07, 6.45) is 5.32. The molecule has 0 amide bonds. The van der Waals surface area contributed by atoms with Crippen LogP contribution in [0.5, 0.6) is 0 Å². The van der Waals surface area contributed by atoms with Crippen molar-refractivity contribution in [2.75, 3.05) is 13.2 Å². The highest BCUT2D eigenvalue weighted by Gasteiger charge is 2.31. The van der Waals surface area contributed by atoms with Gasteiger partial charge in [0.25, 0.3) is 0 Å². The molecule has 5 heteroatoms. The molecule has 1 aliphatic heterocycles. The maximum Gasteiger partial charge on any atom is 0.200 e. The Morgan fingerprint density at radius 3 is 2.69 bits per heavy atom. The zero-order chi connectivity index (χ0) is 11.6. The molecule has 0 saturated carbocycles. The number of quaternary nitrogens is 1. The second kappa shape index (κ2) is 4.55. The van der Waals surface area contributed by atoms with Crippen LogP contribution in [0, 0.1) is 0 Å². The average Bonchev–Trinajstić information content (AvgIpc) is 2.67. The van der Waals surface area contributed by atoms with Gasteiger partial charge in [-0.2, -0.15) is 0 Å². The summed E-state index contributed by atoms with van der Waals surface area (Å²) in [5, 5.41) is 10.3. The molecule has 0 spiro atoms. The second-order valence-electron chi connectivity index (χ2n) is 3.54. The zero-order valence-corrected chi connectivity index (χ0v) is 9.99. The van der Waals surface area contributed by atoms with Gasteiger partial charge in [-0.15, -0.1) is 0 Å². The first-order chi connectivity index (χ1) is 7.68. The average molecular weight is 258 g/mol. The van der Waals surface area contributed by atoms with E-state index in [0.29, 0.717) is 21.1 Å². The van der Waals surface area contributed by atoms with E-state index in [2.05, 4.69) is 4.99 Å². The molecule has 0 aromatic heterocycles. The van der Waals surface area contributed by atoms with Crippen molar-refractivity contribution in [2.45, 2.75) is 0 Å². The third-order valence-corrected chi connectivity index (χ3v) is 3.06. The van der Waals surface area contributed by atoms with Crippen molar-refractivity contribution in [1.29, 1.82) is 0 Å². The summed E-state index contributed by atoms with van der Waals surface area (Å²) >= 11 is 12.0. The van der Waals surface area contributed by atoms with Crippen LogP contribution >= 0.6 is 23.2 Å². The molecular weight excluding hydrogens is 247 g/mol. The molecule has 0 bridgehead atoms. The molecule has 2 rings (SSSR count). The number of aliphatic hydroxyl groups is 1. The Bertz CT molecular complexity index is 445. The Morgan fingerprint density at radius 1 is 1.31 bits per heavy atom. The molecule has 16 heavy (non-hydrogen) atoms. The summed E-state index contributed by atoms with van der Waals surface area (Å²) in [4.78, 5) is 4.06. The second-order valence-corrected chi connectivity index (χ2v) is 4.38. The summed E-state index contributed by atoms with van der Waals surface area (Å²) in [6.45, 7) is 0.552. The monoisotopic (exact) mass is 257 g/mol. The molecule has 0 unspecified atom stereocenters. The van der Waals surface area contributed by atoms with Gasteiger partial charge in [0.05, 0.1) is 12.8 Å². The van der Waals surface area contributed by atoms with Crippen LogP contribution in [0.4, 0.5) is 5.69 Å². The van der Waals surface area contributed by atoms with Gasteiger partial charge < -0.3 is 5.11 Å². The Balaban J connectivity index is 2.48. The quantitative estimate of drug-likeness (QED) is 0.831. The lowest BCUT2D eigenvalue weighted by Crippen LogP contribution is -2.43. The number of benzene rings is 1. The first-order valence-electron chi connectivity index (χ1n) is 4.84. The molecule has 1 N–H and O–H groups in total. The van der Waals surface area contributed by atoms with Crippen LogP contribution in [0.25, 0.3) is 0 Å². The molecule has 1 aliphatic rings. The van der Waals surface area contributed by atoms with E-state index >= 15 is 0 Å². The van der Waals surface area contributed by atoms with Crippen molar-refractivity contribution in [1.82, 2.24) is 4.48 Å². The van der Waals surface area contributed by atoms with Crippen molar-refractivity contribution in [3.8, 4) is 0 Å². The smallest absolute Gasteiger partial charge is 0.200 e. The molecule has 0 saturated heterocycles. The van der Waals surface area contributed by atoms with Crippen molar-refractivity contribution in [2.24, 2.45) is 4.99 Å². The number of rotatable bonds is 3. The maximum absolute atomic E-state index is 9.12. The number of hydrogen-bond donors (Lipinski definition) is 1. The number of hydrogen-bond acceptors (Lipinski definition) is 2. The zero-order valence-electron chi connectivity index (χ0n) is 8.48. The minimum atomic E-state index is 0.0509. The van der Waals surface area contributed by atoms with Crippen molar-refractivity contribution < 1.29 is 5.11 Å². The summed E-state index contributed by atoms with van der Waals surface area (Å²) in [6, 6.07) is 5.32. The predicted molar refractivity (Wildman–Crippen MR) is 67.8 cm³/mol.